The molecular weight excluding hydrogens is 306 g/mol. The fourth-order valence-corrected chi connectivity index (χ4v) is 5.36. The van der Waals surface area contributed by atoms with E-state index in [0.717, 1.165) is 62.8 Å². The Morgan fingerprint density at radius 3 is 2.57 bits per heavy atom. The van der Waals surface area contributed by atoms with Crippen molar-refractivity contribution < 1.29 is 4.79 Å². The van der Waals surface area contributed by atoms with Gasteiger partial charge in [0.25, 0.3) is 5.91 Å². The number of hydrogen-bond acceptors (Lipinski definition) is 4. The Labute approximate surface area is 142 Å². The SMILES string of the molecule is O=C(c1nc2c(s1)CCN(CC1CCCC1)CC2)N1CCCC1. The molecule has 0 unspecified atom stereocenters. The van der Waals surface area contributed by atoms with Gasteiger partial charge in [-0.15, -0.1) is 11.3 Å². The molecule has 3 aliphatic rings. The first-order chi connectivity index (χ1) is 11.3. The standard InChI is InChI=1S/C18H27N3OS/c22-18(21-9-3-4-10-21)17-19-15-7-11-20(12-8-16(15)23-17)13-14-5-1-2-6-14/h14H,1-13H2. The molecule has 0 bridgehead atoms. The highest BCUT2D eigenvalue weighted by Crippen LogP contribution is 2.28. The summed E-state index contributed by atoms with van der Waals surface area (Å²) in [5.41, 5.74) is 1.20. The van der Waals surface area contributed by atoms with Gasteiger partial charge in [0.2, 0.25) is 0 Å². The second kappa shape index (κ2) is 6.89. The lowest BCUT2D eigenvalue weighted by atomic mass is 10.1. The summed E-state index contributed by atoms with van der Waals surface area (Å²) < 4.78 is 0. The molecule has 126 valence electrons. The number of amides is 1. The summed E-state index contributed by atoms with van der Waals surface area (Å²) in [6.45, 7) is 5.36. The second-order valence-corrected chi connectivity index (χ2v) is 8.42. The number of nitrogens with zero attached hydrogens (tertiary/aromatic N) is 3. The van der Waals surface area contributed by atoms with Crippen LogP contribution in [0.1, 0.15) is 58.9 Å². The fraction of sp³-hybridized carbons (Fsp3) is 0.778. The van der Waals surface area contributed by atoms with Gasteiger partial charge in [0.1, 0.15) is 0 Å². The van der Waals surface area contributed by atoms with Crippen LogP contribution in [0.3, 0.4) is 0 Å². The maximum absolute atomic E-state index is 12.5. The number of thiazole rings is 1. The average molecular weight is 334 g/mol. The first-order valence-electron chi connectivity index (χ1n) is 9.30. The Balaban J connectivity index is 1.38. The number of carbonyl (C=O) groups excluding carboxylic acids is 1. The quantitative estimate of drug-likeness (QED) is 0.853. The number of hydrogen-bond donors (Lipinski definition) is 0. The van der Waals surface area contributed by atoms with E-state index >= 15 is 0 Å². The van der Waals surface area contributed by atoms with Crippen LogP contribution in [0.4, 0.5) is 0 Å². The van der Waals surface area contributed by atoms with Crippen LogP contribution in [-0.2, 0) is 12.8 Å². The van der Waals surface area contributed by atoms with E-state index in [2.05, 4.69) is 4.90 Å². The van der Waals surface area contributed by atoms with Gasteiger partial charge >= 0.3 is 0 Å². The fourth-order valence-electron chi connectivity index (χ4n) is 4.30. The average Bonchev–Trinajstić information content (AvgIpc) is 3.29. The van der Waals surface area contributed by atoms with Gasteiger partial charge in [0, 0.05) is 44.0 Å². The van der Waals surface area contributed by atoms with E-state index in [1.807, 2.05) is 4.90 Å². The molecule has 23 heavy (non-hydrogen) atoms. The minimum Gasteiger partial charge on any atom is -0.337 e. The molecule has 3 heterocycles. The van der Waals surface area contributed by atoms with Crippen LogP contribution >= 0.6 is 11.3 Å². The lowest BCUT2D eigenvalue weighted by Gasteiger charge is -2.23. The summed E-state index contributed by atoms with van der Waals surface area (Å²) in [6, 6.07) is 0. The molecule has 2 fully saturated rings. The molecule has 0 radical (unpaired) electrons. The van der Waals surface area contributed by atoms with Gasteiger partial charge in [-0.25, -0.2) is 4.98 Å². The number of carbonyl (C=O) groups is 1. The largest absolute Gasteiger partial charge is 0.337 e. The Hall–Kier alpha value is -0.940. The Kier molecular flexibility index (Phi) is 4.67. The molecule has 5 heteroatoms. The van der Waals surface area contributed by atoms with Crippen LogP contribution < -0.4 is 0 Å². The minimum absolute atomic E-state index is 0.170. The maximum atomic E-state index is 12.5. The van der Waals surface area contributed by atoms with E-state index in [4.69, 9.17) is 4.98 Å². The summed E-state index contributed by atoms with van der Waals surface area (Å²) in [7, 11) is 0. The molecule has 1 saturated carbocycles. The van der Waals surface area contributed by atoms with Crippen molar-refractivity contribution in [3.63, 3.8) is 0 Å². The second-order valence-electron chi connectivity index (χ2n) is 7.34. The molecule has 0 aromatic carbocycles. The highest BCUT2D eigenvalue weighted by atomic mass is 32.1. The van der Waals surface area contributed by atoms with E-state index in [0.29, 0.717) is 0 Å². The van der Waals surface area contributed by atoms with Crippen LogP contribution in [0, 0.1) is 5.92 Å². The van der Waals surface area contributed by atoms with Gasteiger partial charge in [-0.05, 0) is 38.0 Å². The van der Waals surface area contributed by atoms with Gasteiger partial charge in [-0.1, -0.05) is 12.8 Å². The predicted molar refractivity (Wildman–Crippen MR) is 93.1 cm³/mol. The third kappa shape index (κ3) is 3.45. The molecule has 4 nitrogen and oxygen atoms in total. The molecule has 1 aromatic heterocycles. The van der Waals surface area contributed by atoms with Crippen molar-refractivity contribution in [3.05, 3.63) is 15.6 Å². The molecule has 0 spiro atoms. The maximum Gasteiger partial charge on any atom is 0.282 e. The van der Waals surface area contributed by atoms with Crippen molar-refractivity contribution in [1.82, 2.24) is 14.8 Å². The van der Waals surface area contributed by atoms with Gasteiger partial charge in [-0.2, -0.15) is 0 Å². The monoisotopic (exact) mass is 333 g/mol. The van der Waals surface area contributed by atoms with Crippen LogP contribution in [-0.4, -0.2) is 53.4 Å². The van der Waals surface area contributed by atoms with Crippen molar-refractivity contribution in [2.24, 2.45) is 5.92 Å². The Morgan fingerprint density at radius 2 is 1.78 bits per heavy atom. The van der Waals surface area contributed by atoms with E-state index < -0.39 is 0 Å². The van der Waals surface area contributed by atoms with E-state index in [-0.39, 0.29) is 5.91 Å². The van der Waals surface area contributed by atoms with E-state index in [1.165, 1.54) is 42.8 Å². The normalized spacial score (nSPS) is 23.2. The third-order valence-electron chi connectivity index (χ3n) is 5.67. The Morgan fingerprint density at radius 1 is 1.04 bits per heavy atom. The van der Waals surface area contributed by atoms with E-state index in [9.17, 15) is 4.79 Å². The van der Waals surface area contributed by atoms with Crippen molar-refractivity contribution in [2.75, 3.05) is 32.7 Å². The number of likely N-dealkylation sites (tertiary alicyclic amines) is 1. The molecule has 4 rings (SSSR count). The first kappa shape index (κ1) is 15.6. The smallest absolute Gasteiger partial charge is 0.282 e. The lowest BCUT2D eigenvalue weighted by molar-refractivity contribution is 0.0792. The number of rotatable bonds is 3. The summed E-state index contributed by atoms with van der Waals surface area (Å²) in [6.07, 6.45) is 10.1. The Bertz CT molecular complexity index is 533. The van der Waals surface area contributed by atoms with Crippen molar-refractivity contribution in [2.45, 2.75) is 51.4 Å². The zero-order valence-electron chi connectivity index (χ0n) is 13.9. The van der Waals surface area contributed by atoms with Gasteiger partial charge in [-0.3, -0.25) is 4.79 Å². The number of aromatic nitrogens is 1. The molecule has 0 N–H and O–H groups in total. The van der Waals surface area contributed by atoms with E-state index in [1.54, 1.807) is 11.3 Å². The third-order valence-corrected chi connectivity index (χ3v) is 6.81. The summed E-state index contributed by atoms with van der Waals surface area (Å²) in [5.74, 6) is 1.09. The van der Waals surface area contributed by atoms with Gasteiger partial charge in [0.15, 0.2) is 5.01 Å². The highest BCUT2D eigenvalue weighted by Gasteiger charge is 2.26. The molecule has 1 aliphatic carbocycles. The molecule has 1 saturated heterocycles. The summed E-state index contributed by atoms with van der Waals surface area (Å²) >= 11 is 1.66. The summed E-state index contributed by atoms with van der Waals surface area (Å²) in [4.78, 5) is 23.2. The van der Waals surface area contributed by atoms with Crippen LogP contribution in [0.25, 0.3) is 0 Å². The molecule has 0 atom stereocenters. The molecule has 1 aromatic rings. The first-order valence-corrected chi connectivity index (χ1v) is 10.1. The van der Waals surface area contributed by atoms with Crippen LogP contribution in [0.15, 0.2) is 0 Å². The minimum atomic E-state index is 0.170. The van der Waals surface area contributed by atoms with Gasteiger partial charge in [0.05, 0.1) is 5.69 Å². The van der Waals surface area contributed by atoms with Crippen molar-refractivity contribution in [3.8, 4) is 0 Å². The number of fused-ring (bicyclic) bond motifs is 1. The van der Waals surface area contributed by atoms with Crippen LogP contribution in [0.5, 0.6) is 0 Å². The molecular formula is C18H27N3OS. The zero-order valence-corrected chi connectivity index (χ0v) is 14.7. The molecule has 2 aliphatic heterocycles. The zero-order chi connectivity index (χ0) is 15.6. The van der Waals surface area contributed by atoms with Crippen LogP contribution in [0.2, 0.25) is 0 Å². The molecule has 1 amide bonds. The predicted octanol–water partition coefficient (Wildman–Crippen LogP) is 2.97. The summed E-state index contributed by atoms with van der Waals surface area (Å²) in [5, 5.41) is 0.737. The highest BCUT2D eigenvalue weighted by molar-refractivity contribution is 7.13. The van der Waals surface area contributed by atoms with Crippen molar-refractivity contribution >= 4 is 17.2 Å². The topological polar surface area (TPSA) is 36.4 Å². The van der Waals surface area contributed by atoms with Gasteiger partial charge < -0.3 is 9.80 Å². The lowest BCUT2D eigenvalue weighted by Crippen LogP contribution is -2.31. The van der Waals surface area contributed by atoms with Crippen molar-refractivity contribution in [1.29, 1.82) is 0 Å².